The van der Waals surface area contributed by atoms with Crippen LogP contribution in [-0.4, -0.2) is 25.0 Å². The number of ether oxygens (including phenoxy) is 1. The van der Waals surface area contributed by atoms with Gasteiger partial charge in [0.05, 0.1) is 13.0 Å². The predicted molar refractivity (Wildman–Crippen MR) is 76.4 cm³/mol. The lowest BCUT2D eigenvalue weighted by molar-refractivity contribution is -0.142. The second kappa shape index (κ2) is 8.37. The Bertz CT molecular complexity index is 450. The Labute approximate surface area is 118 Å². The van der Waals surface area contributed by atoms with Crippen molar-refractivity contribution < 1.29 is 14.3 Å². The van der Waals surface area contributed by atoms with Gasteiger partial charge in [0, 0.05) is 17.8 Å². The maximum atomic E-state index is 11.8. The molecule has 106 valence electrons. The highest BCUT2D eigenvalue weighted by molar-refractivity contribution is 5.96. The molecule has 0 spiro atoms. The average Bonchev–Trinajstić information content (AvgIpc) is 2.32. The molecule has 1 amide bonds. The first-order valence-corrected chi connectivity index (χ1v) is 5.84. The number of hydrogen-bond acceptors (Lipinski definition) is 4. The molecule has 0 saturated carbocycles. The lowest BCUT2D eigenvalue weighted by atomic mass is 10.1. The van der Waals surface area contributed by atoms with Crippen molar-refractivity contribution in [3.63, 3.8) is 0 Å². The van der Waals surface area contributed by atoms with Gasteiger partial charge in [-0.15, -0.1) is 12.4 Å². The molecule has 1 aromatic carbocycles. The van der Waals surface area contributed by atoms with Crippen molar-refractivity contribution in [2.75, 3.05) is 18.9 Å². The topological polar surface area (TPSA) is 81.4 Å². The van der Waals surface area contributed by atoms with Crippen molar-refractivity contribution in [1.29, 1.82) is 0 Å². The highest BCUT2D eigenvalue weighted by atomic mass is 35.5. The van der Waals surface area contributed by atoms with Crippen LogP contribution < -0.4 is 11.1 Å². The molecule has 0 aliphatic rings. The normalized spacial score (nSPS) is 9.37. The Kier molecular flexibility index (Phi) is 7.60. The van der Waals surface area contributed by atoms with Crippen molar-refractivity contribution in [2.45, 2.75) is 20.3 Å². The zero-order chi connectivity index (χ0) is 13.5. The molecule has 0 heterocycles. The summed E-state index contributed by atoms with van der Waals surface area (Å²) in [6.45, 7) is 4.18. The third-order valence-corrected chi connectivity index (χ3v) is 2.43. The number of nitrogen functional groups attached to an aromatic ring is 1. The number of hydrogen-bond donors (Lipinski definition) is 2. The summed E-state index contributed by atoms with van der Waals surface area (Å²) in [5.41, 5.74) is 7.54. The van der Waals surface area contributed by atoms with E-state index in [-0.39, 0.29) is 37.2 Å². The van der Waals surface area contributed by atoms with E-state index in [1.165, 1.54) is 0 Å². The highest BCUT2D eigenvalue weighted by Gasteiger charge is 2.09. The van der Waals surface area contributed by atoms with E-state index in [1.54, 1.807) is 25.1 Å². The van der Waals surface area contributed by atoms with Crippen molar-refractivity contribution in [3.05, 3.63) is 29.3 Å². The second-order valence-electron chi connectivity index (χ2n) is 3.89. The molecule has 5 nitrogen and oxygen atoms in total. The molecule has 6 heteroatoms. The molecule has 0 aliphatic carbocycles. The Hall–Kier alpha value is -1.75. The monoisotopic (exact) mass is 286 g/mol. The van der Waals surface area contributed by atoms with Gasteiger partial charge in [-0.3, -0.25) is 9.59 Å². The number of amides is 1. The van der Waals surface area contributed by atoms with E-state index in [9.17, 15) is 9.59 Å². The summed E-state index contributed by atoms with van der Waals surface area (Å²) in [4.78, 5) is 22.9. The van der Waals surface area contributed by atoms with Crippen molar-refractivity contribution >= 4 is 30.0 Å². The third kappa shape index (κ3) is 5.61. The Morgan fingerprint density at radius 2 is 2.05 bits per heavy atom. The number of benzene rings is 1. The third-order valence-electron chi connectivity index (χ3n) is 2.43. The van der Waals surface area contributed by atoms with Gasteiger partial charge in [-0.2, -0.15) is 0 Å². The van der Waals surface area contributed by atoms with Gasteiger partial charge in [0.1, 0.15) is 0 Å². The van der Waals surface area contributed by atoms with Gasteiger partial charge in [-0.1, -0.05) is 6.07 Å². The molecule has 0 unspecified atom stereocenters. The van der Waals surface area contributed by atoms with E-state index < -0.39 is 0 Å². The van der Waals surface area contributed by atoms with E-state index in [0.717, 1.165) is 5.56 Å². The van der Waals surface area contributed by atoms with Gasteiger partial charge in [0.15, 0.2) is 0 Å². The number of nitrogens with one attached hydrogen (secondary N) is 1. The summed E-state index contributed by atoms with van der Waals surface area (Å²) in [6.07, 6.45) is 0.168. The number of carbonyl (C=O) groups is 2. The minimum atomic E-state index is -0.318. The lowest BCUT2D eigenvalue weighted by Gasteiger charge is -2.08. The number of carbonyl (C=O) groups excluding carboxylic acids is 2. The molecular formula is C13H19ClN2O3. The predicted octanol–water partition coefficient (Wildman–Crippen LogP) is 1.68. The summed E-state index contributed by atoms with van der Waals surface area (Å²) in [7, 11) is 0. The van der Waals surface area contributed by atoms with Crippen LogP contribution in [0.5, 0.6) is 0 Å². The molecule has 0 saturated heterocycles. The standard InChI is InChI=1S/C13H18N2O3.ClH/c1-3-18-12(16)6-7-15-13(17)11-8-10(14)5-4-9(11)2;/h4-5,8H,3,6-7,14H2,1-2H3,(H,15,17);1H. The second-order valence-corrected chi connectivity index (χ2v) is 3.89. The van der Waals surface area contributed by atoms with Crippen LogP contribution in [0, 0.1) is 6.92 Å². The number of rotatable bonds is 5. The van der Waals surface area contributed by atoms with Crippen LogP contribution in [0.4, 0.5) is 5.69 Å². The summed E-state index contributed by atoms with van der Waals surface area (Å²) < 4.78 is 4.76. The fraction of sp³-hybridized carbons (Fsp3) is 0.385. The lowest BCUT2D eigenvalue weighted by Crippen LogP contribution is -2.27. The van der Waals surface area contributed by atoms with Gasteiger partial charge >= 0.3 is 5.97 Å². The molecule has 0 bridgehead atoms. The number of anilines is 1. The molecule has 0 fully saturated rings. The Morgan fingerprint density at radius 3 is 2.68 bits per heavy atom. The SMILES string of the molecule is CCOC(=O)CCNC(=O)c1cc(N)ccc1C.Cl. The van der Waals surface area contributed by atoms with Crippen LogP contribution in [0.1, 0.15) is 29.3 Å². The van der Waals surface area contributed by atoms with Gasteiger partial charge in [0.2, 0.25) is 0 Å². The summed E-state index contributed by atoms with van der Waals surface area (Å²) in [5, 5.41) is 2.66. The number of aryl methyl sites for hydroxylation is 1. The summed E-state index contributed by atoms with van der Waals surface area (Å²) in [6, 6.07) is 5.15. The van der Waals surface area contributed by atoms with E-state index in [2.05, 4.69) is 5.32 Å². The number of esters is 1. The molecule has 0 aliphatic heterocycles. The molecule has 0 atom stereocenters. The summed E-state index contributed by atoms with van der Waals surface area (Å²) >= 11 is 0. The van der Waals surface area contributed by atoms with Crippen molar-refractivity contribution in [2.24, 2.45) is 0 Å². The maximum Gasteiger partial charge on any atom is 0.307 e. The Balaban J connectivity index is 0.00000324. The first-order chi connectivity index (χ1) is 8.54. The Morgan fingerprint density at radius 1 is 1.37 bits per heavy atom. The van der Waals surface area contributed by atoms with E-state index in [4.69, 9.17) is 10.5 Å². The van der Waals surface area contributed by atoms with Crippen molar-refractivity contribution in [1.82, 2.24) is 5.32 Å². The first kappa shape index (κ1) is 17.2. The fourth-order valence-electron chi connectivity index (χ4n) is 1.49. The minimum Gasteiger partial charge on any atom is -0.466 e. The zero-order valence-corrected chi connectivity index (χ0v) is 11.9. The van der Waals surface area contributed by atoms with Crippen LogP contribution in [0.25, 0.3) is 0 Å². The first-order valence-electron chi connectivity index (χ1n) is 5.84. The zero-order valence-electron chi connectivity index (χ0n) is 11.1. The molecule has 0 aromatic heterocycles. The van der Waals surface area contributed by atoms with Gasteiger partial charge in [-0.25, -0.2) is 0 Å². The largest absolute Gasteiger partial charge is 0.466 e. The average molecular weight is 287 g/mol. The van der Waals surface area contributed by atoms with Gasteiger partial charge < -0.3 is 15.8 Å². The van der Waals surface area contributed by atoms with Crippen LogP contribution in [0.3, 0.4) is 0 Å². The minimum absolute atomic E-state index is 0. The highest BCUT2D eigenvalue weighted by Crippen LogP contribution is 2.12. The van der Waals surface area contributed by atoms with Gasteiger partial charge in [0.25, 0.3) is 5.91 Å². The van der Waals surface area contributed by atoms with Crippen LogP contribution in [-0.2, 0) is 9.53 Å². The molecule has 1 aromatic rings. The molecule has 0 radical (unpaired) electrons. The maximum absolute atomic E-state index is 11.8. The molecular weight excluding hydrogens is 268 g/mol. The van der Waals surface area contributed by atoms with Crippen LogP contribution in [0.2, 0.25) is 0 Å². The van der Waals surface area contributed by atoms with Crippen LogP contribution >= 0.6 is 12.4 Å². The van der Waals surface area contributed by atoms with Crippen LogP contribution in [0.15, 0.2) is 18.2 Å². The quantitative estimate of drug-likeness (QED) is 0.637. The van der Waals surface area contributed by atoms with Gasteiger partial charge in [-0.05, 0) is 31.5 Å². The molecule has 3 N–H and O–H groups in total. The van der Waals surface area contributed by atoms with E-state index >= 15 is 0 Å². The van der Waals surface area contributed by atoms with E-state index in [1.807, 2.05) is 6.92 Å². The van der Waals surface area contributed by atoms with Crippen molar-refractivity contribution in [3.8, 4) is 0 Å². The number of nitrogens with two attached hydrogens (primary N) is 1. The number of halogens is 1. The summed E-state index contributed by atoms with van der Waals surface area (Å²) in [5.74, 6) is -0.550. The molecule has 1 rings (SSSR count). The smallest absolute Gasteiger partial charge is 0.307 e. The van der Waals surface area contributed by atoms with E-state index in [0.29, 0.717) is 17.9 Å². The molecule has 19 heavy (non-hydrogen) atoms. The fourth-order valence-corrected chi connectivity index (χ4v) is 1.49.